The highest BCUT2D eigenvalue weighted by Gasteiger charge is 2.46. The molecule has 0 N–H and O–H groups in total. The number of carbonyl (C=O) groups is 3. The molecule has 0 aliphatic carbocycles. The van der Waals surface area contributed by atoms with Gasteiger partial charge in [-0.05, 0) is 63.3 Å². The fourth-order valence-electron chi connectivity index (χ4n) is 4.05. The van der Waals surface area contributed by atoms with Crippen LogP contribution in [0.5, 0.6) is 0 Å². The molecule has 1 aromatic rings. The standard InChI is InChI=1S/C20H26BrN3O3/c1-5-14(4)23-11-17(25)24(20(23)27)16-7-6-8-22(19(16)26)18-12(2)9-15(21)10-13(18)3/h9-10,14,16H,5-8,11H2,1-4H3. The number of anilines is 1. The van der Waals surface area contributed by atoms with Crippen molar-refractivity contribution in [3.05, 3.63) is 27.7 Å². The van der Waals surface area contributed by atoms with Crippen molar-refractivity contribution in [2.24, 2.45) is 0 Å². The molecule has 0 radical (unpaired) electrons. The van der Waals surface area contributed by atoms with Crippen molar-refractivity contribution in [2.75, 3.05) is 18.0 Å². The maximum Gasteiger partial charge on any atom is 0.328 e. The van der Waals surface area contributed by atoms with E-state index in [1.165, 1.54) is 4.90 Å². The Kier molecular flexibility index (Phi) is 5.60. The Morgan fingerprint density at radius 1 is 1.19 bits per heavy atom. The maximum absolute atomic E-state index is 13.3. The zero-order valence-electron chi connectivity index (χ0n) is 16.3. The molecule has 27 heavy (non-hydrogen) atoms. The van der Waals surface area contributed by atoms with Gasteiger partial charge >= 0.3 is 6.03 Å². The minimum atomic E-state index is -0.713. The third-order valence-electron chi connectivity index (χ3n) is 5.60. The van der Waals surface area contributed by atoms with E-state index in [1.807, 2.05) is 39.8 Å². The summed E-state index contributed by atoms with van der Waals surface area (Å²) >= 11 is 3.49. The molecule has 4 amide bonds. The lowest BCUT2D eigenvalue weighted by Gasteiger charge is -2.37. The molecule has 2 aliphatic rings. The molecular weight excluding hydrogens is 410 g/mol. The number of hydrogen-bond donors (Lipinski definition) is 0. The Balaban J connectivity index is 1.90. The van der Waals surface area contributed by atoms with Crippen molar-refractivity contribution in [1.29, 1.82) is 0 Å². The number of benzene rings is 1. The molecule has 2 unspecified atom stereocenters. The number of halogens is 1. The molecule has 0 bridgehead atoms. The lowest BCUT2D eigenvalue weighted by atomic mass is 9.99. The fourth-order valence-corrected chi connectivity index (χ4v) is 4.74. The molecule has 0 saturated carbocycles. The number of imide groups is 1. The first kappa shape index (κ1) is 19.9. The van der Waals surface area contributed by atoms with Gasteiger partial charge in [-0.3, -0.25) is 9.59 Å². The molecule has 2 aliphatic heterocycles. The third-order valence-corrected chi connectivity index (χ3v) is 6.05. The van der Waals surface area contributed by atoms with Gasteiger partial charge in [0.1, 0.15) is 12.6 Å². The first-order chi connectivity index (χ1) is 12.8. The quantitative estimate of drug-likeness (QED) is 0.678. The van der Waals surface area contributed by atoms with Gasteiger partial charge in [0.15, 0.2) is 0 Å². The normalized spacial score (nSPS) is 22.0. The maximum atomic E-state index is 13.3. The molecule has 1 aromatic carbocycles. The van der Waals surface area contributed by atoms with E-state index in [9.17, 15) is 14.4 Å². The van der Waals surface area contributed by atoms with Crippen LogP contribution in [-0.4, -0.2) is 52.8 Å². The molecule has 6 nitrogen and oxygen atoms in total. The zero-order valence-corrected chi connectivity index (χ0v) is 17.9. The van der Waals surface area contributed by atoms with E-state index in [-0.39, 0.29) is 30.4 Å². The molecule has 3 rings (SSSR count). The van der Waals surface area contributed by atoms with Gasteiger partial charge < -0.3 is 9.80 Å². The summed E-state index contributed by atoms with van der Waals surface area (Å²) in [5.74, 6) is -0.438. The Morgan fingerprint density at radius 3 is 2.41 bits per heavy atom. The second kappa shape index (κ2) is 7.62. The van der Waals surface area contributed by atoms with Gasteiger partial charge in [-0.1, -0.05) is 22.9 Å². The smallest absolute Gasteiger partial charge is 0.312 e. The SMILES string of the molecule is CCC(C)N1CC(=O)N(C2CCCN(c3c(C)cc(Br)cc3C)C2=O)C1=O. The molecule has 0 spiro atoms. The van der Waals surface area contributed by atoms with Crippen LogP contribution in [0.15, 0.2) is 16.6 Å². The summed E-state index contributed by atoms with van der Waals surface area (Å²) in [4.78, 5) is 43.2. The molecule has 146 valence electrons. The van der Waals surface area contributed by atoms with Crippen molar-refractivity contribution < 1.29 is 14.4 Å². The number of hydrogen-bond acceptors (Lipinski definition) is 3. The summed E-state index contributed by atoms with van der Waals surface area (Å²) in [5, 5.41) is 0. The van der Waals surface area contributed by atoms with Crippen LogP contribution in [0.3, 0.4) is 0 Å². The largest absolute Gasteiger partial charge is 0.328 e. The molecule has 0 aromatic heterocycles. The number of amides is 4. The number of urea groups is 1. The number of piperidine rings is 1. The summed E-state index contributed by atoms with van der Waals surface area (Å²) < 4.78 is 0.969. The van der Waals surface area contributed by atoms with Gasteiger partial charge in [0.25, 0.3) is 5.91 Å². The summed E-state index contributed by atoms with van der Waals surface area (Å²) in [6.45, 7) is 8.52. The highest BCUT2D eigenvalue weighted by molar-refractivity contribution is 9.10. The topological polar surface area (TPSA) is 60.9 Å². The average molecular weight is 436 g/mol. The molecule has 2 saturated heterocycles. The van der Waals surface area contributed by atoms with Crippen molar-refractivity contribution >= 4 is 39.5 Å². The third kappa shape index (κ3) is 3.49. The predicted octanol–water partition coefficient (Wildman–Crippen LogP) is 3.62. The van der Waals surface area contributed by atoms with Gasteiger partial charge in [-0.2, -0.15) is 0 Å². The summed E-state index contributed by atoms with van der Waals surface area (Å²) in [6, 6.07) is 2.90. The van der Waals surface area contributed by atoms with Gasteiger partial charge in [0, 0.05) is 22.7 Å². The molecule has 2 heterocycles. The van der Waals surface area contributed by atoms with Crippen LogP contribution in [0.1, 0.15) is 44.2 Å². The zero-order chi connectivity index (χ0) is 19.9. The Bertz CT molecular complexity index is 772. The summed E-state index contributed by atoms with van der Waals surface area (Å²) in [7, 11) is 0. The van der Waals surface area contributed by atoms with Crippen LogP contribution in [0.25, 0.3) is 0 Å². The van der Waals surface area contributed by atoms with Crippen molar-refractivity contribution in [3.8, 4) is 0 Å². The van der Waals surface area contributed by atoms with E-state index >= 15 is 0 Å². The highest BCUT2D eigenvalue weighted by Crippen LogP contribution is 2.33. The number of carbonyl (C=O) groups excluding carboxylic acids is 3. The lowest BCUT2D eigenvalue weighted by molar-refractivity contribution is -0.134. The molecule has 7 heteroatoms. The van der Waals surface area contributed by atoms with Crippen molar-refractivity contribution in [1.82, 2.24) is 9.80 Å². The molecular formula is C20H26BrN3O3. The van der Waals surface area contributed by atoms with E-state index in [0.29, 0.717) is 13.0 Å². The van der Waals surface area contributed by atoms with E-state index < -0.39 is 6.04 Å². The van der Waals surface area contributed by atoms with Gasteiger partial charge in [0.05, 0.1) is 0 Å². The van der Waals surface area contributed by atoms with E-state index in [0.717, 1.165) is 34.1 Å². The first-order valence-corrected chi connectivity index (χ1v) is 10.3. The van der Waals surface area contributed by atoms with Crippen molar-refractivity contribution in [3.63, 3.8) is 0 Å². The van der Waals surface area contributed by atoms with Crippen LogP contribution in [0.2, 0.25) is 0 Å². The minimum Gasteiger partial charge on any atom is -0.312 e. The first-order valence-electron chi connectivity index (χ1n) is 9.47. The van der Waals surface area contributed by atoms with Crippen molar-refractivity contribution in [2.45, 2.75) is 59.0 Å². The Hall–Kier alpha value is -1.89. The van der Waals surface area contributed by atoms with Crippen LogP contribution >= 0.6 is 15.9 Å². The van der Waals surface area contributed by atoms with Crippen LogP contribution in [0.4, 0.5) is 10.5 Å². The average Bonchev–Trinajstić information content (AvgIpc) is 2.89. The number of aryl methyl sites for hydroxylation is 2. The predicted molar refractivity (Wildman–Crippen MR) is 108 cm³/mol. The minimum absolute atomic E-state index is 0.0165. The van der Waals surface area contributed by atoms with Gasteiger partial charge in [0.2, 0.25) is 5.91 Å². The van der Waals surface area contributed by atoms with Crippen LogP contribution < -0.4 is 4.90 Å². The number of nitrogens with zero attached hydrogens (tertiary/aromatic N) is 3. The summed E-state index contributed by atoms with van der Waals surface area (Å²) in [5.41, 5.74) is 2.87. The highest BCUT2D eigenvalue weighted by atomic mass is 79.9. The van der Waals surface area contributed by atoms with Gasteiger partial charge in [-0.15, -0.1) is 0 Å². The van der Waals surface area contributed by atoms with Crippen LogP contribution in [-0.2, 0) is 9.59 Å². The van der Waals surface area contributed by atoms with Crippen LogP contribution in [0, 0.1) is 13.8 Å². The van der Waals surface area contributed by atoms with Gasteiger partial charge in [-0.25, -0.2) is 9.69 Å². The second-order valence-electron chi connectivity index (χ2n) is 7.47. The molecule has 2 fully saturated rings. The Morgan fingerprint density at radius 2 is 1.81 bits per heavy atom. The molecule has 2 atom stereocenters. The van der Waals surface area contributed by atoms with E-state index in [4.69, 9.17) is 0 Å². The van der Waals surface area contributed by atoms with E-state index in [1.54, 1.807) is 9.80 Å². The second-order valence-corrected chi connectivity index (χ2v) is 8.38. The van der Waals surface area contributed by atoms with E-state index in [2.05, 4.69) is 15.9 Å². The fraction of sp³-hybridized carbons (Fsp3) is 0.550. The lowest BCUT2D eigenvalue weighted by Crippen LogP contribution is -2.55. The Labute approximate surface area is 168 Å². The monoisotopic (exact) mass is 435 g/mol. The number of rotatable bonds is 4. The summed E-state index contributed by atoms with van der Waals surface area (Å²) in [6.07, 6.45) is 2.05.